The lowest BCUT2D eigenvalue weighted by Gasteiger charge is -2.40. The van der Waals surface area contributed by atoms with E-state index < -0.39 is 0 Å². The molecular weight excluding hydrogens is 256 g/mol. The van der Waals surface area contributed by atoms with Gasteiger partial charge in [-0.25, -0.2) is 4.98 Å². The first-order valence-electron chi connectivity index (χ1n) is 7.05. The van der Waals surface area contributed by atoms with E-state index >= 15 is 0 Å². The van der Waals surface area contributed by atoms with Gasteiger partial charge in [-0.1, -0.05) is 6.92 Å². The van der Waals surface area contributed by atoms with Gasteiger partial charge < -0.3 is 14.7 Å². The lowest BCUT2D eigenvalue weighted by atomic mass is 9.77. The van der Waals surface area contributed by atoms with Crippen LogP contribution in [0, 0.1) is 5.41 Å². The number of hydrogen-bond acceptors (Lipinski definition) is 4. The third-order valence-corrected chi connectivity index (χ3v) is 4.39. The molecule has 1 fully saturated rings. The van der Waals surface area contributed by atoms with Crippen LogP contribution in [0.3, 0.4) is 0 Å². The summed E-state index contributed by atoms with van der Waals surface area (Å²) in [4.78, 5) is 18.4. The zero-order valence-corrected chi connectivity index (χ0v) is 12.1. The van der Waals surface area contributed by atoms with Gasteiger partial charge in [-0.3, -0.25) is 4.79 Å². The molecule has 2 heterocycles. The molecule has 1 amide bonds. The summed E-state index contributed by atoms with van der Waals surface area (Å²) >= 11 is 0. The van der Waals surface area contributed by atoms with Crippen molar-refractivity contribution < 1.29 is 14.6 Å². The Kier molecular flexibility index (Phi) is 4.60. The molecule has 5 heteroatoms. The third kappa shape index (κ3) is 2.77. The van der Waals surface area contributed by atoms with Crippen LogP contribution in [-0.2, 0) is 0 Å². The van der Waals surface area contributed by atoms with Crippen molar-refractivity contribution in [3.8, 4) is 5.88 Å². The average molecular weight is 278 g/mol. The second kappa shape index (κ2) is 6.22. The molecule has 0 radical (unpaired) electrons. The van der Waals surface area contributed by atoms with Crippen molar-refractivity contribution in [1.82, 2.24) is 9.88 Å². The van der Waals surface area contributed by atoms with Crippen LogP contribution >= 0.6 is 0 Å². The van der Waals surface area contributed by atoms with E-state index in [1.165, 1.54) is 7.11 Å². The number of aliphatic hydroxyl groups excluding tert-OH is 1. The summed E-state index contributed by atoms with van der Waals surface area (Å²) in [5, 5.41) is 9.53. The molecular formula is C15H22N2O3. The van der Waals surface area contributed by atoms with E-state index in [0.29, 0.717) is 24.5 Å². The Labute approximate surface area is 119 Å². The molecule has 1 aromatic rings. The minimum absolute atomic E-state index is 0.0181. The third-order valence-electron chi connectivity index (χ3n) is 4.39. The topological polar surface area (TPSA) is 62.7 Å². The predicted molar refractivity (Wildman–Crippen MR) is 75.7 cm³/mol. The van der Waals surface area contributed by atoms with Crippen molar-refractivity contribution in [2.75, 3.05) is 26.8 Å². The standard InChI is InChI=1S/C15H22N2O3/c1-3-15(11-18)6-9-17(10-7-15)14(19)12-5-4-8-16-13(12)20-2/h4-5,8,18H,3,6-7,9-11H2,1-2H3. The minimum Gasteiger partial charge on any atom is -0.480 e. The first-order chi connectivity index (χ1) is 9.65. The highest BCUT2D eigenvalue weighted by molar-refractivity contribution is 5.96. The number of rotatable bonds is 4. The molecule has 1 N–H and O–H groups in total. The molecule has 0 saturated carbocycles. The maximum atomic E-state index is 12.5. The number of aromatic nitrogens is 1. The number of amides is 1. The van der Waals surface area contributed by atoms with Gasteiger partial charge in [-0.15, -0.1) is 0 Å². The Hall–Kier alpha value is -1.62. The Morgan fingerprint density at radius 2 is 2.20 bits per heavy atom. The molecule has 1 aliphatic heterocycles. The van der Waals surface area contributed by atoms with Crippen molar-refractivity contribution in [3.63, 3.8) is 0 Å². The summed E-state index contributed by atoms with van der Waals surface area (Å²) in [6.45, 7) is 3.64. The van der Waals surface area contributed by atoms with Crippen molar-refractivity contribution in [2.24, 2.45) is 5.41 Å². The zero-order valence-electron chi connectivity index (χ0n) is 12.1. The summed E-state index contributed by atoms with van der Waals surface area (Å²) in [6, 6.07) is 3.48. The molecule has 1 aromatic heterocycles. The lowest BCUT2D eigenvalue weighted by Crippen LogP contribution is -2.44. The Morgan fingerprint density at radius 3 is 2.75 bits per heavy atom. The number of carbonyl (C=O) groups excluding carboxylic acids is 1. The van der Waals surface area contributed by atoms with Crippen LogP contribution in [-0.4, -0.2) is 47.7 Å². The Balaban J connectivity index is 2.09. The van der Waals surface area contributed by atoms with Gasteiger partial charge in [0.1, 0.15) is 5.56 Å². The maximum absolute atomic E-state index is 12.5. The van der Waals surface area contributed by atoms with E-state index in [-0.39, 0.29) is 17.9 Å². The molecule has 0 unspecified atom stereocenters. The first kappa shape index (κ1) is 14.8. The molecule has 0 aromatic carbocycles. The Morgan fingerprint density at radius 1 is 1.50 bits per heavy atom. The number of aliphatic hydroxyl groups is 1. The number of nitrogens with zero attached hydrogens (tertiary/aromatic N) is 2. The van der Waals surface area contributed by atoms with Crippen LogP contribution in [0.5, 0.6) is 5.88 Å². The van der Waals surface area contributed by atoms with Crippen LogP contribution in [0.4, 0.5) is 0 Å². The number of likely N-dealkylation sites (tertiary alicyclic amines) is 1. The van der Waals surface area contributed by atoms with E-state index in [4.69, 9.17) is 4.74 Å². The van der Waals surface area contributed by atoms with E-state index in [1.807, 2.05) is 4.90 Å². The lowest BCUT2D eigenvalue weighted by molar-refractivity contribution is 0.0336. The highest BCUT2D eigenvalue weighted by atomic mass is 16.5. The molecule has 2 rings (SSSR count). The van der Waals surface area contributed by atoms with Crippen LogP contribution < -0.4 is 4.74 Å². The van der Waals surface area contributed by atoms with Gasteiger partial charge in [0.2, 0.25) is 5.88 Å². The highest BCUT2D eigenvalue weighted by Gasteiger charge is 2.34. The minimum atomic E-state index is -0.0439. The highest BCUT2D eigenvalue weighted by Crippen LogP contribution is 2.34. The summed E-state index contributed by atoms with van der Waals surface area (Å²) in [6.07, 6.45) is 4.24. The summed E-state index contributed by atoms with van der Waals surface area (Å²) in [5.74, 6) is 0.324. The van der Waals surface area contributed by atoms with E-state index in [1.54, 1.807) is 18.3 Å². The second-order valence-corrected chi connectivity index (χ2v) is 5.36. The number of methoxy groups -OCH3 is 1. The number of pyridine rings is 1. The number of piperidine rings is 1. The predicted octanol–water partition coefficient (Wildman–Crippen LogP) is 1.71. The second-order valence-electron chi connectivity index (χ2n) is 5.36. The molecule has 1 saturated heterocycles. The largest absolute Gasteiger partial charge is 0.480 e. The molecule has 20 heavy (non-hydrogen) atoms. The molecule has 0 atom stereocenters. The maximum Gasteiger partial charge on any atom is 0.259 e. The summed E-state index contributed by atoms with van der Waals surface area (Å²) < 4.78 is 5.14. The zero-order chi connectivity index (χ0) is 14.6. The van der Waals surface area contributed by atoms with Gasteiger partial charge in [-0.05, 0) is 36.8 Å². The van der Waals surface area contributed by atoms with Gasteiger partial charge in [-0.2, -0.15) is 0 Å². The average Bonchev–Trinajstić information content (AvgIpc) is 2.54. The van der Waals surface area contributed by atoms with Gasteiger partial charge in [0.15, 0.2) is 0 Å². The quantitative estimate of drug-likeness (QED) is 0.911. The first-order valence-corrected chi connectivity index (χ1v) is 7.05. The monoisotopic (exact) mass is 278 g/mol. The summed E-state index contributed by atoms with van der Waals surface area (Å²) in [5.41, 5.74) is 0.485. The Bertz CT molecular complexity index is 462. The van der Waals surface area contributed by atoms with E-state index in [0.717, 1.165) is 19.3 Å². The normalized spacial score (nSPS) is 17.9. The van der Waals surface area contributed by atoms with Gasteiger partial charge in [0, 0.05) is 25.9 Å². The fourth-order valence-corrected chi connectivity index (χ4v) is 2.69. The van der Waals surface area contributed by atoms with E-state index in [9.17, 15) is 9.90 Å². The number of ether oxygens (including phenoxy) is 1. The van der Waals surface area contributed by atoms with Crippen molar-refractivity contribution in [2.45, 2.75) is 26.2 Å². The van der Waals surface area contributed by atoms with Gasteiger partial charge in [0.25, 0.3) is 5.91 Å². The number of hydrogen-bond donors (Lipinski definition) is 1. The van der Waals surface area contributed by atoms with Gasteiger partial charge in [0.05, 0.1) is 7.11 Å². The smallest absolute Gasteiger partial charge is 0.259 e. The van der Waals surface area contributed by atoms with Crippen LogP contribution in [0.25, 0.3) is 0 Å². The van der Waals surface area contributed by atoms with Crippen LogP contribution in [0.15, 0.2) is 18.3 Å². The molecule has 0 bridgehead atoms. The number of carbonyl (C=O) groups is 1. The van der Waals surface area contributed by atoms with Gasteiger partial charge >= 0.3 is 0 Å². The fourth-order valence-electron chi connectivity index (χ4n) is 2.69. The fraction of sp³-hybridized carbons (Fsp3) is 0.600. The molecule has 110 valence electrons. The summed E-state index contributed by atoms with van der Waals surface area (Å²) in [7, 11) is 1.52. The molecule has 0 spiro atoms. The molecule has 0 aliphatic carbocycles. The van der Waals surface area contributed by atoms with Crippen molar-refractivity contribution >= 4 is 5.91 Å². The van der Waals surface area contributed by atoms with E-state index in [2.05, 4.69) is 11.9 Å². The van der Waals surface area contributed by atoms with Crippen LogP contribution in [0.2, 0.25) is 0 Å². The molecule has 1 aliphatic rings. The SMILES string of the molecule is CCC1(CO)CCN(C(=O)c2cccnc2OC)CC1. The van der Waals surface area contributed by atoms with Crippen molar-refractivity contribution in [3.05, 3.63) is 23.9 Å². The van der Waals surface area contributed by atoms with Crippen LogP contribution in [0.1, 0.15) is 36.5 Å². The molecule has 5 nitrogen and oxygen atoms in total. The van der Waals surface area contributed by atoms with Crippen molar-refractivity contribution in [1.29, 1.82) is 0 Å².